The number of carbonyl (C=O) groups excluding carboxylic acids is 1. The number of hydrogen-bond donors (Lipinski definition) is 1. The standard InChI is InChI=1S/C15H13BrN2O4/c1-9-11(4-3-5-13(9)18(20)21)15(19)17-10-6-7-14(22-2)12(16)8-10/h3-8H,1-2H3,(H,17,19). The molecule has 7 heteroatoms. The second-order valence-electron chi connectivity index (χ2n) is 4.51. The number of halogens is 1. The summed E-state index contributed by atoms with van der Waals surface area (Å²) in [6.07, 6.45) is 0. The van der Waals surface area contributed by atoms with Gasteiger partial charge in [0.1, 0.15) is 5.75 Å². The van der Waals surface area contributed by atoms with Crippen LogP contribution in [-0.4, -0.2) is 17.9 Å². The van der Waals surface area contributed by atoms with Crippen LogP contribution in [0, 0.1) is 17.0 Å². The fourth-order valence-electron chi connectivity index (χ4n) is 2.01. The summed E-state index contributed by atoms with van der Waals surface area (Å²) < 4.78 is 5.81. The third kappa shape index (κ3) is 3.25. The van der Waals surface area contributed by atoms with Crippen molar-refractivity contribution >= 4 is 33.2 Å². The van der Waals surface area contributed by atoms with Crippen molar-refractivity contribution in [2.75, 3.05) is 12.4 Å². The van der Waals surface area contributed by atoms with E-state index in [1.807, 2.05) is 0 Å². The topological polar surface area (TPSA) is 81.5 Å². The van der Waals surface area contributed by atoms with Crippen LogP contribution in [0.5, 0.6) is 5.75 Å². The molecule has 0 aliphatic carbocycles. The number of methoxy groups -OCH3 is 1. The SMILES string of the molecule is COc1ccc(NC(=O)c2cccc([N+](=O)[O-])c2C)cc1Br. The highest BCUT2D eigenvalue weighted by Gasteiger charge is 2.18. The smallest absolute Gasteiger partial charge is 0.273 e. The van der Waals surface area contributed by atoms with Gasteiger partial charge in [-0.1, -0.05) is 6.07 Å². The van der Waals surface area contributed by atoms with Gasteiger partial charge in [0.05, 0.1) is 16.5 Å². The van der Waals surface area contributed by atoms with E-state index < -0.39 is 10.8 Å². The number of nitro benzene ring substituents is 1. The summed E-state index contributed by atoms with van der Waals surface area (Å²) in [7, 11) is 1.55. The van der Waals surface area contributed by atoms with Crippen LogP contribution in [0.4, 0.5) is 11.4 Å². The molecule has 0 fully saturated rings. The molecule has 6 nitrogen and oxygen atoms in total. The Kier molecular flexibility index (Phi) is 4.77. The summed E-state index contributed by atoms with van der Waals surface area (Å²) in [4.78, 5) is 22.7. The van der Waals surface area contributed by atoms with Crippen molar-refractivity contribution in [3.63, 3.8) is 0 Å². The van der Waals surface area contributed by atoms with Crippen molar-refractivity contribution in [3.8, 4) is 5.75 Å². The van der Waals surface area contributed by atoms with E-state index in [4.69, 9.17) is 4.74 Å². The summed E-state index contributed by atoms with van der Waals surface area (Å²) in [6, 6.07) is 9.51. The van der Waals surface area contributed by atoms with E-state index in [-0.39, 0.29) is 11.3 Å². The molecule has 0 bridgehead atoms. The van der Waals surface area contributed by atoms with Gasteiger partial charge in [0.2, 0.25) is 0 Å². The van der Waals surface area contributed by atoms with Gasteiger partial charge in [0.25, 0.3) is 11.6 Å². The normalized spacial score (nSPS) is 10.1. The van der Waals surface area contributed by atoms with Gasteiger partial charge < -0.3 is 10.1 Å². The average Bonchev–Trinajstić information content (AvgIpc) is 2.47. The summed E-state index contributed by atoms with van der Waals surface area (Å²) in [5.74, 6) is 0.239. The van der Waals surface area contributed by atoms with Crippen molar-refractivity contribution < 1.29 is 14.5 Å². The van der Waals surface area contributed by atoms with Crippen LogP contribution in [0.15, 0.2) is 40.9 Å². The zero-order valence-electron chi connectivity index (χ0n) is 11.9. The van der Waals surface area contributed by atoms with E-state index in [1.54, 1.807) is 38.3 Å². The number of anilines is 1. The number of nitrogens with zero attached hydrogens (tertiary/aromatic N) is 1. The Morgan fingerprint density at radius 2 is 2.05 bits per heavy atom. The molecule has 22 heavy (non-hydrogen) atoms. The number of nitrogens with one attached hydrogen (secondary N) is 1. The van der Waals surface area contributed by atoms with Crippen molar-refractivity contribution in [2.24, 2.45) is 0 Å². The summed E-state index contributed by atoms with van der Waals surface area (Å²) in [5, 5.41) is 13.6. The third-order valence-electron chi connectivity index (χ3n) is 3.16. The lowest BCUT2D eigenvalue weighted by molar-refractivity contribution is -0.385. The Labute approximate surface area is 135 Å². The van der Waals surface area contributed by atoms with Crippen molar-refractivity contribution in [1.82, 2.24) is 0 Å². The molecule has 0 aliphatic heterocycles. The number of rotatable bonds is 4. The lowest BCUT2D eigenvalue weighted by Crippen LogP contribution is -2.14. The Morgan fingerprint density at radius 3 is 2.64 bits per heavy atom. The molecule has 2 aromatic carbocycles. The minimum Gasteiger partial charge on any atom is -0.496 e. The molecule has 114 valence electrons. The number of ether oxygens (including phenoxy) is 1. The molecule has 0 aromatic heterocycles. The lowest BCUT2D eigenvalue weighted by atomic mass is 10.1. The summed E-state index contributed by atoms with van der Waals surface area (Å²) in [6.45, 7) is 1.55. The third-order valence-corrected chi connectivity index (χ3v) is 3.78. The zero-order chi connectivity index (χ0) is 16.3. The molecule has 1 amide bonds. The minimum atomic E-state index is -0.504. The van der Waals surface area contributed by atoms with Crippen LogP contribution in [0.25, 0.3) is 0 Å². The van der Waals surface area contributed by atoms with E-state index in [0.717, 1.165) is 0 Å². The molecule has 0 unspecified atom stereocenters. The molecule has 0 saturated heterocycles. The predicted molar refractivity (Wildman–Crippen MR) is 86.5 cm³/mol. The molecule has 0 atom stereocenters. The quantitative estimate of drug-likeness (QED) is 0.658. The first-order valence-corrected chi connectivity index (χ1v) is 7.12. The maximum Gasteiger partial charge on any atom is 0.273 e. The second-order valence-corrected chi connectivity index (χ2v) is 5.36. The minimum absolute atomic E-state index is 0.0800. The first-order valence-electron chi connectivity index (χ1n) is 6.33. The van der Waals surface area contributed by atoms with Gasteiger partial charge in [-0.2, -0.15) is 0 Å². The highest BCUT2D eigenvalue weighted by Crippen LogP contribution is 2.28. The highest BCUT2D eigenvalue weighted by molar-refractivity contribution is 9.10. The predicted octanol–water partition coefficient (Wildman–Crippen LogP) is 3.93. The number of benzene rings is 2. The van der Waals surface area contributed by atoms with Crippen LogP contribution in [0.1, 0.15) is 15.9 Å². The molecular formula is C15H13BrN2O4. The number of hydrogen-bond acceptors (Lipinski definition) is 4. The van der Waals surface area contributed by atoms with Gasteiger partial charge in [0, 0.05) is 22.9 Å². The van der Waals surface area contributed by atoms with Crippen LogP contribution < -0.4 is 10.1 Å². The number of carbonyl (C=O) groups is 1. The lowest BCUT2D eigenvalue weighted by Gasteiger charge is -2.10. The number of amides is 1. The molecule has 2 aromatic rings. The summed E-state index contributed by atoms with van der Waals surface area (Å²) in [5.41, 5.74) is 1.07. The highest BCUT2D eigenvalue weighted by atomic mass is 79.9. The molecule has 0 heterocycles. The van der Waals surface area contributed by atoms with E-state index in [2.05, 4.69) is 21.2 Å². The van der Waals surface area contributed by atoms with E-state index in [0.29, 0.717) is 21.5 Å². The van der Waals surface area contributed by atoms with E-state index >= 15 is 0 Å². The van der Waals surface area contributed by atoms with Gasteiger partial charge in [-0.25, -0.2) is 0 Å². The molecular weight excluding hydrogens is 352 g/mol. The van der Waals surface area contributed by atoms with E-state index in [9.17, 15) is 14.9 Å². The molecule has 2 rings (SSSR count). The second kappa shape index (κ2) is 6.57. The van der Waals surface area contributed by atoms with Gasteiger partial charge in [-0.05, 0) is 47.1 Å². The maximum absolute atomic E-state index is 12.3. The largest absolute Gasteiger partial charge is 0.496 e. The van der Waals surface area contributed by atoms with Crippen molar-refractivity contribution in [3.05, 3.63) is 62.1 Å². The fourth-order valence-corrected chi connectivity index (χ4v) is 2.55. The Bertz CT molecular complexity index is 746. The first-order chi connectivity index (χ1) is 10.4. The molecule has 0 saturated carbocycles. The van der Waals surface area contributed by atoms with Gasteiger partial charge in [-0.3, -0.25) is 14.9 Å². The molecule has 0 aliphatic rings. The van der Waals surface area contributed by atoms with Gasteiger partial charge in [0.15, 0.2) is 0 Å². The van der Waals surface area contributed by atoms with Crippen LogP contribution in [-0.2, 0) is 0 Å². The summed E-state index contributed by atoms with van der Waals surface area (Å²) >= 11 is 3.33. The van der Waals surface area contributed by atoms with Crippen molar-refractivity contribution in [2.45, 2.75) is 6.92 Å². The fraction of sp³-hybridized carbons (Fsp3) is 0.133. The van der Waals surface area contributed by atoms with Crippen LogP contribution >= 0.6 is 15.9 Å². The zero-order valence-corrected chi connectivity index (χ0v) is 13.5. The average molecular weight is 365 g/mol. The Hall–Kier alpha value is -2.41. The maximum atomic E-state index is 12.3. The van der Waals surface area contributed by atoms with Gasteiger partial charge in [-0.15, -0.1) is 0 Å². The van der Waals surface area contributed by atoms with E-state index in [1.165, 1.54) is 12.1 Å². The van der Waals surface area contributed by atoms with Crippen molar-refractivity contribution in [1.29, 1.82) is 0 Å². The molecule has 0 spiro atoms. The van der Waals surface area contributed by atoms with Crippen LogP contribution in [0.3, 0.4) is 0 Å². The monoisotopic (exact) mass is 364 g/mol. The first kappa shape index (κ1) is 16.0. The molecule has 0 radical (unpaired) electrons. The van der Waals surface area contributed by atoms with Gasteiger partial charge >= 0.3 is 0 Å². The van der Waals surface area contributed by atoms with Crippen LogP contribution in [0.2, 0.25) is 0 Å². The molecule has 1 N–H and O–H groups in total. The Balaban J connectivity index is 2.28. The Morgan fingerprint density at radius 1 is 1.32 bits per heavy atom. The number of nitro groups is 1.